The predicted molar refractivity (Wildman–Crippen MR) is 106 cm³/mol. The summed E-state index contributed by atoms with van der Waals surface area (Å²) in [6.45, 7) is 3.05. The van der Waals surface area contributed by atoms with Crippen molar-refractivity contribution in [2.24, 2.45) is 0 Å². The summed E-state index contributed by atoms with van der Waals surface area (Å²) in [5.74, 6) is 1.54. The molecule has 0 saturated carbocycles. The van der Waals surface area contributed by atoms with E-state index in [1.807, 2.05) is 34.9 Å². The molecule has 0 unspecified atom stereocenters. The highest BCUT2D eigenvalue weighted by molar-refractivity contribution is 5.52. The highest BCUT2D eigenvalue weighted by atomic mass is 16.5. The second kappa shape index (κ2) is 8.33. The monoisotopic (exact) mass is 361 g/mol. The molecule has 0 aliphatic rings. The first-order valence-corrected chi connectivity index (χ1v) is 8.81. The van der Waals surface area contributed by atoms with E-state index in [1.54, 1.807) is 13.2 Å². The molecular weight excluding hydrogens is 338 g/mol. The lowest BCUT2D eigenvalue weighted by Crippen LogP contribution is -2.13. The van der Waals surface area contributed by atoms with Crippen molar-refractivity contribution in [3.05, 3.63) is 77.1 Å². The number of nitrogens with two attached hydrogens (primary N) is 1. The summed E-state index contributed by atoms with van der Waals surface area (Å²) in [4.78, 5) is 0. The van der Waals surface area contributed by atoms with E-state index in [9.17, 15) is 5.26 Å². The Labute approximate surface area is 159 Å². The van der Waals surface area contributed by atoms with Crippen molar-refractivity contribution in [1.29, 1.82) is 5.26 Å². The second-order valence-electron chi connectivity index (χ2n) is 6.38. The van der Waals surface area contributed by atoms with Gasteiger partial charge in [-0.3, -0.25) is 0 Å². The van der Waals surface area contributed by atoms with Gasteiger partial charge in [0.15, 0.2) is 0 Å². The maximum Gasteiger partial charge on any atom is 0.122 e. The van der Waals surface area contributed by atoms with E-state index < -0.39 is 0 Å². The van der Waals surface area contributed by atoms with Gasteiger partial charge in [-0.1, -0.05) is 29.8 Å². The molecule has 0 radical (unpaired) electrons. The van der Waals surface area contributed by atoms with Crippen molar-refractivity contribution in [3.8, 4) is 17.6 Å². The lowest BCUT2D eigenvalue weighted by atomic mass is 10.1. The van der Waals surface area contributed by atoms with Gasteiger partial charge >= 0.3 is 0 Å². The van der Waals surface area contributed by atoms with Crippen LogP contribution in [0.3, 0.4) is 0 Å². The molecule has 0 atom stereocenters. The fraction of sp³-hybridized carbons (Fsp3) is 0.227. The third-order valence-corrected chi connectivity index (χ3v) is 4.45. The molecule has 3 rings (SSSR count). The number of anilines is 1. The predicted octanol–water partition coefficient (Wildman–Crippen LogP) is 3.93. The Balaban J connectivity index is 1.74. The number of hydrogen-bond donors (Lipinski definition) is 1. The molecule has 138 valence electrons. The van der Waals surface area contributed by atoms with E-state index in [0.29, 0.717) is 31.0 Å². The minimum atomic E-state index is 0.440. The molecule has 27 heavy (non-hydrogen) atoms. The van der Waals surface area contributed by atoms with Gasteiger partial charge in [0.2, 0.25) is 0 Å². The molecule has 1 heterocycles. The van der Waals surface area contributed by atoms with Crippen LogP contribution in [0.15, 0.2) is 54.6 Å². The summed E-state index contributed by atoms with van der Waals surface area (Å²) in [7, 11) is 1.63. The van der Waals surface area contributed by atoms with E-state index in [4.69, 9.17) is 15.2 Å². The van der Waals surface area contributed by atoms with Gasteiger partial charge < -0.3 is 19.8 Å². The van der Waals surface area contributed by atoms with E-state index in [1.165, 1.54) is 11.1 Å². The number of benzene rings is 2. The number of ether oxygens (including phenoxy) is 2. The molecule has 1 aromatic heterocycles. The van der Waals surface area contributed by atoms with Gasteiger partial charge in [0.1, 0.15) is 29.9 Å². The summed E-state index contributed by atoms with van der Waals surface area (Å²) in [5.41, 5.74) is 10.7. The van der Waals surface area contributed by atoms with Crippen molar-refractivity contribution >= 4 is 5.69 Å². The van der Waals surface area contributed by atoms with E-state index in [-0.39, 0.29) is 0 Å². The molecule has 0 saturated heterocycles. The van der Waals surface area contributed by atoms with Gasteiger partial charge in [-0.25, -0.2) is 0 Å². The lowest BCUT2D eigenvalue weighted by Gasteiger charge is -2.13. The number of hydrogen-bond acceptors (Lipinski definition) is 4. The Morgan fingerprint density at radius 3 is 2.48 bits per heavy atom. The van der Waals surface area contributed by atoms with Gasteiger partial charge in [0.25, 0.3) is 0 Å². The summed E-state index contributed by atoms with van der Waals surface area (Å²) in [6, 6.07) is 19.7. The molecule has 0 aliphatic carbocycles. The van der Waals surface area contributed by atoms with Gasteiger partial charge in [0.05, 0.1) is 19.3 Å². The number of nitrogen functional groups attached to an aromatic ring is 1. The Bertz CT molecular complexity index is 953. The largest absolute Gasteiger partial charge is 0.497 e. The van der Waals surface area contributed by atoms with Crippen LogP contribution in [0.25, 0.3) is 0 Å². The SMILES string of the molecule is COc1ccc(OCCn2c(C#N)cc(N)c2Cc2cccc(C)c2)cc1. The number of rotatable bonds is 7. The first kappa shape index (κ1) is 18.4. The molecule has 5 nitrogen and oxygen atoms in total. The number of nitriles is 1. The van der Waals surface area contributed by atoms with Gasteiger partial charge in [0, 0.05) is 12.1 Å². The number of nitrogens with zero attached hydrogens (tertiary/aromatic N) is 2. The molecule has 0 fully saturated rings. The molecule has 0 aliphatic heterocycles. The molecular formula is C22H23N3O2. The van der Waals surface area contributed by atoms with Crippen LogP contribution in [-0.4, -0.2) is 18.3 Å². The minimum Gasteiger partial charge on any atom is -0.497 e. The molecule has 0 spiro atoms. The van der Waals surface area contributed by atoms with Crippen LogP contribution in [0.1, 0.15) is 22.5 Å². The van der Waals surface area contributed by atoms with Crippen LogP contribution in [0.2, 0.25) is 0 Å². The fourth-order valence-corrected chi connectivity index (χ4v) is 3.10. The number of methoxy groups -OCH3 is 1. The van der Waals surface area contributed by atoms with E-state index >= 15 is 0 Å². The van der Waals surface area contributed by atoms with Gasteiger partial charge in [-0.15, -0.1) is 0 Å². The highest BCUT2D eigenvalue weighted by Gasteiger charge is 2.14. The first-order chi connectivity index (χ1) is 13.1. The third-order valence-electron chi connectivity index (χ3n) is 4.45. The average Bonchev–Trinajstić information content (AvgIpc) is 2.97. The first-order valence-electron chi connectivity index (χ1n) is 8.81. The minimum absolute atomic E-state index is 0.440. The van der Waals surface area contributed by atoms with Crippen molar-refractivity contribution in [3.63, 3.8) is 0 Å². The molecule has 0 amide bonds. The maximum absolute atomic E-state index is 9.46. The Hall–Kier alpha value is -3.39. The molecule has 0 bridgehead atoms. The van der Waals surface area contributed by atoms with Crippen molar-refractivity contribution in [2.75, 3.05) is 19.5 Å². The maximum atomic E-state index is 9.46. The zero-order chi connectivity index (χ0) is 19.2. The average molecular weight is 361 g/mol. The zero-order valence-electron chi connectivity index (χ0n) is 15.6. The van der Waals surface area contributed by atoms with Crippen LogP contribution in [0.4, 0.5) is 5.69 Å². The highest BCUT2D eigenvalue weighted by Crippen LogP contribution is 2.23. The topological polar surface area (TPSA) is 73.2 Å². The Morgan fingerprint density at radius 1 is 1.07 bits per heavy atom. The molecule has 2 N–H and O–H groups in total. The Morgan fingerprint density at radius 2 is 1.81 bits per heavy atom. The normalized spacial score (nSPS) is 10.4. The zero-order valence-corrected chi connectivity index (χ0v) is 15.6. The fourth-order valence-electron chi connectivity index (χ4n) is 3.10. The molecule has 3 aromatic rings. The summed E-state index contributed by atoms with van der Waals surface area (Å²) in [6.07, 6.45) is 0.678. The number of aryl methyl sites for hydroxylation is 1. The summed E-state index contributed by atoms with van der Waals surface area (Å²) < 4.78 is 12.9. The molecule has 5 heteroatoms. The van der Waals surface area contributed by atoms with E-state index in [0.717, 1.165) is 17.2 Å². The third kappa shape index (κ3) is 4.42. The number of aromatic nitrogens is 1. The van der Waals surface area contributed by atoms with Crippen molar-refractivity contribution in [2.45, 2.75) is 19.9 Å². The van der Waals surface area contributed by atoms with Crippen LogP contribution in [-0.2, 0) is 13.0 Å². The van der Waals surface area contributed by atoms with Crippen molar-refractivity contribution in [1.82, 2.24) is 4.57 Å². The quantitative estimate of drug-likeness (QED) is 0.692. The standard InChI is InChI=1S/C22H23N3O2/c1-16-4-3-5-17(12-16)13-22-21(24)14-18(15-23)25(22)10-11-27-20-8-6-19(26-2)7-9-20/h3-9,12,14H,10-11,13,24H2,1-2H3. The van der Waals surface area contributed by atoms with Gasteiger partial charge in [-0.2, -0.15) is 5.26 Å². The van der Waals surface area contributed by atoms with Crippen LogP contribution in [0.5, 0.6) is 11.5 Å². The van der Waals surface area contributed by atoms with Crippen molar-refractivity contribution < 1.29 is 9.47 Å². The second-order valence-corrected chi connectivity index (χ2v) is 6.38. The summed E-state index contributed by atoms with van der Waals surface area (Å²) >= 11 is 0. The van der Waals surface area contributed by atoms with Gasteiger partial charge in [-0.05, 0) is 42.8 Å². The van der Waals surface area contributed by atoms with Crippen LogP contribution >= 0.6 is 0 Å². The Kier molecular flexibility index (Phi) is 5.68. The van der Waals surface area contributed by atoms with Crippen LogP contribution < -0.4 is 15.2 Å². The smallest absolute Gasteiger partial charge is 0.122 e. The summed E-state index contributed by atoms with van der Waals surface area (Å²) in [5, 5.41) is 9.46. The lowest BCUT2D eigenvalue weighted by molar-refractivity contribution is 0.296. The van der Waals surface area contributed by atoms with E-state index in [2.05, 4.69) is 31.2 Å². The van der Waals surface area contributed by atoms with Crippen LogP contribution in [0, 0.1) is 18.3 Å². The molecule has 2 aromatic carbocycles.